The van der Waals surface area contributed by atoms with Crippen LogP contribution >= 0.6 is 0 Å². The fourth-order valence-corrected chi connectivity index (χ4v) is 6.69. The summed E-state index contributed by atoms with van der Waals surface area (Å²) in [6.07, 6.45) is 2.46. The van der Waals surface area contributed by atoms with E-state index in [1.54, 1.807) is 31.1 Å². The molecule has 1 aliphatic rings. The van der Waals surface area contributed by atoms with Crippen LogP contribution in [0, 0.1) is 5.92 Å². The van der Waals surface area contributed by atoms with E-state index in [1.807, 2.05) is 62.4 Å². The largest absolute Gasteiger partial charge is 0.453 e. The molecule has 2 aromatic heterocycles. The van der Waals surface area contributed by atoms with Gasteiger partial charge in [-0.2, -0.15) is 0 Å². The Morgan fingerprint density at radius 2 is 1.20 bits per heavy atom. The minimum Gasteiger partial charge on any atom is -0.453 e. The molecular formula is C40H52N8O8. The Hall–Kier alpha value is -5.74. The number of carbonyl (C=O) groups is 4. The molecule has 16 nitrogen and oxygen atoms in total. The molecule has 0 spiro atoms. The zero-order chi connectivity index (χ0) is 40.5. The van der Waals surface area contributed by atoms with Gasteiger partial charge >= 0.3 is 12.2 Å². The summed E-state index contributed by atoms with van der Waals surface area (Å²) >= 11 is 0. The van der Waals surface area contributed by atoms with Crippen LogP contribution in [0.3, 0.4) is 0 Å². The van der Waals surface area contributed by atoms with Gasteiger partial charge in [0, 0.05) is 20.8 Å². The van der Waals surface area contributed by atoms with E-state index in [1.165, 1.54) is 28.4 Å². The lowest BCUT2D eigenvalue weighted by Crippen LogP contribution is -2.54. The third-order valence-corrected chi connectivity index (χ3v) is 10.2. The lowest BCUT2D eigenvalue weighted by atomic mass is 10.0. The lowest BCUT2D eigenvalue weighted by molar-refractivity contribution is -0.137. The van der Waals surface area contributed by atoms with Crippen molar-refractivity contribution >= 4 is 24.0 Å². The Bertz CT molecular complexity index is 1860. The number of carbonyl (C=O) groups excluding carboxylic acids is 4. The summed E-state index contributed by atoms with van der Waals surface area (Å²) in [4.78, 5) is 68.5. The minimum absolute atomic E-state index is 0.0190. The predicted octanol–water partition coefficient (Wildman–Crippen LogP) is 5.13. The lowest BCUT2D eigenvalue weighted by Gasteiger charge is -2.30. The number of likely N-dealkylation sites (tertiary alicyclic amines) is 1. The van der Waals surface area contributed by atoms with E-state index in [0.29, 0.717) is 18.2 Å². The SMILES string of the molecule is COC(=O)N[C@H](C(=O)N[C@@H](c1ncc(-c2ccc(-c3ccc(-c4cnc([C@@H]5CCCN5C(=O)[C@@H](NC(=O)OC)[C@@H](C)OC)[nH]4)cc3)cc2)[nH]1)C(C)C)[C@@H](C)OC. The number of nitrogens with zero attached hydrogens (tertiary/aromatic N) is 3. The van der Waals surface area contributed by atoms with Crippen LogP contribution in [-0.2, 0) is 28.5 Å². The summed E-state index contributed by atoms with van der Waals surface area (Å²) in [5.74, 6) is 0.565. The first-order valence-corrected chi connectivity index (χ1v) is 18.5. The number of aromatic amines is 2. The second kappa shape index (κ2) is 18.7. The number of methoxy groups -OCH3 is 4. The molecule has 3 heterocycles. The molecular weight excluding hydrogens is 720 g/mol. The van der Waals surface area contributed by atoms with E-state index in [0.717, 1.165) is 46.5 Å². The molecule has 4 amide bonds. The monoisotopic (exact) mass is 772 g/mol. The fourth-order valence-electron chi connectivity index (χ4n) is 6.69. The molecule has 6 atom stereocenters. The van der Waals surface area contributed by atoms with Crippen molar-refractivity contribution in [3.8, 4) is 33.6 Å². The van der Waals surface area contributed by atoms with Crippen LogP contribution in [0.15, 0.2) is 60.9 Å². The van der Waals surface area contributed by atoms with Gasteiger partial charge in [0.2, 0.25) is 11.8 Å². The van der Waals surface area contributed by atoms with Gasteiger partial charge < -0.3 is 49.8 Å². The molecule has 16 heteroatoms. The van der Waals surface area contributed by atoms with Crippen LogP contribution in [0.4, 0.5) is 9.59 Å². The first-order valence-electron chi connectivity index (χ1n) is 18.5. The molecule has 0 unspecified atom stereocenters. The van der Waals surface area contributed by atoms with Crippen molar-refractivity contribution in [2.75, 3.05) is 35.0 Å². The van der Waals surface area contributed by atoms with Crippen molar-refractivity contribution in [3.05, 3.63) is 72.6 Å². The third-order valence-electron chi connectivity index (χ3n) is 10.2. The number of benzene rings is 2. The Kier molecular flexibility index (Phi) is 13.9. The highest BCUT2D eigenvalue weighted by Crippen LogP contribution is 2.33. The average Bonchev–Trinajstić information content (AvgIpc) is 4.02. The molecule has 1 aliphatic heterocycles. The number of rotatable bonds is 15. The predicted molar refractivity (Wildman–Crippen MR) is 208 cm³/mol. The molecule has 2 aromatic carbocycles. The number of alkyl carbamates (subject to hydrolysis) is 2. The Balaban J connectivity index is 1.25. The molecule has 56 heavy (non-hydrogen) atoms. The maximum absolute atomic E-state index is 13.6. The highest BCUT2D eigenvalue weighted by Gasteiger charge is 2.39. The molecule has 5 rings (SSSR count). The Morgan fingerprint density at radius 3 is 1.73 bits per heavy atom. The molecule has 0 radical (unpaired) electrons. The van der Waals surface area contributed by atoms with E-state index < -0.39 is 48.4 Å². The maximum Gasteiger partial charge on any atom is 0.407 e. The van der Waals surface area contributed by atoms with Crippen molar-refractivity contribution in [3.63, 3.8) is 0 Å². The number of amides is 4. The van der Waals surface area contributed by atoms with E-state index >= 15 is 0 Å². The fraction of sp³-hybridized carbons (Fsp3) is 0.450. The molecule has 1 fully saturated rings. The number of aromatic nitrogens is 4. The van der Waals surface area contributed by atoms with Crippen LogP contribution < -0.4 is 16.0 Å². The van der Waals surface area contributed by atoms with Gasteiger partial charge in [0.1, 0.15) is 23.7 Å². The van der Waals surface area contributed by atoms with E-state index in [-0.39, 0.29) is 17.9 Å². The molecule has 5 N–H and O–H groups in total. The summed E-state index contributed by atoms with van der Waals surface area (Å²) in [6.45, 7) is 7.90. The van der Waals surface area contributed by atoms with Gasteiger partial charge in [-0.1, -0.05) is 62.4 Å². The molecule has 300 valence electrons. The van der Waals surface area contributed by atoms with Crippen LogP contribution in [0.2, 0.25) is 0 Å². The van der Waals surface area contributed by atoms with E-state index in [9.17, 15) is 19.2 Å². The molecule has 0 saturated carbocycles. The summed E-state index contributed by atoms with van der Waals surface area (Å²) in [7, 11) is 5.44. The standard InChI is InChI=1S/C40H52N8O8/c1-22(2)32(45-37(49)33(23(3)53-5)46-39(51)55-7)36-42-21-30(44-36)28-17-13-26(14-18-28)25-11-15-27(16-12-25)29-20-41-35(43-29)31-10-9-19-48(31)38(50)34(24(4)54-6)47-40(52)56-8/h11-18,20-24,31-34H,9-10,19H2,1-8H3,(H,41,43)(H,42,44)(H,45,49)(H,46,51)(H,47,52)/t23-,24-,31+,32-,33+,34+/m1/s1. The van der Waals surface area contributed by atoms with Gasteiger partial charge in [-0.15, -0.1) is 0 Å². The molecule has 0 bridgehead atoms. The summed E-state index contributed by atoms with van der Waals surface area (Å²) in [5, 5.41) is 8.16. The van der Waals surface area contributed by atoms with Gasteiger partial charge in [0.05, 0.1) is 62.3 Å². The highest BCUT2D eigenvalue weighted by molar-refractivity contribution is 5.87. The van der Waals surface area contributed by atoms with Crippen LogP contribution in [0.1, 0.15) is 64.3 Å². The van der Waals surface area contributed by atoms with Crippen molar-refractivity contribution < 1.29 is 38.1 Å². The van der Waals surface area contributed by atoms with Gasteiger partial charge in [-0.3, -0.25) is 9.59 Å². The van der Waals surface area contributed by atoms with Crippen LogP contribution in [-0.4, -0.2) is 108 Å². The minimum atomic E-state index is -0.968. The Labute approximate surface area is 326 Å². The van der Waals surface area contributed by atoms with Crippen molar-refractivity contribution in [2.24, 2.45) is 5.92 Å². The van der Waals surface area contributed by atoms with Crippen LogP contribution in [0.25, 0.3) is 33.6 Å². The second-order valence-electron chi connectivity index (χ2n) is 14.0. The number of nitrogens with one attached hydrogen (secondary N) is 5. The number of imidazole rings is 2. The quantitative estimate of drug-likeness (QED) is 0.108. The summed E-state index contributed by atoms with van der Waals surface area (Å²) in [6, 6.07) is 13.6. The summed E-state index contributed by atoms with van der Waals surface area (Å²) in [5.41, 5.74) is 5.53. The second-order valence-corrected chi connectivity index (χ2v) is 14.0. The normalized spacial score (nSPS) is 16.7. The highest BCUT2D eigenvalue weighted by atomic mass is 16.5. The number of H-pyrrole nitrogens is 2. The van der Waals surface area contributed by atoms with Crippen molar-refractivity contribution in [1.82, 2.24) is 40.8 Å². The van der Waals surface area contributed by atoms with Crippen molar-refractivity contribution in [1.29, 1.82) is 0 Å². The van der Waals surface area contributed by atoms with Crippen LogP contribution in [0.5, 0.6) is 0 Å². The first-order chi connectivity index (χ1) is 26.9. The zero-order valence-corrected chi connectivity index (χ0v) is 33.0. The van der Waals surface area contributed by atoms with Gasteiger partial charge in [0.25, 0.3) is 0 Å². The number of ether oxygens (including phenoxy) is 4. The summed E-state index contributed by atoms with van der Waals surface area (Å²) < 4.78 is 20.1. The first kappa shape index (κ1) is 41.4. The molecule has 1 saturated heterocycles. The molecule has 0 aliphatic carbocycles. The average molecular weight is 773 g/mol. The van der Waals surface area contributed by atoms with E-state index in [4.69, 9.17) is 18.9 Å². The van der Waals surface area contributed by atoms with Crippen molar-refractivity contribution in [2.45, 2.75) is 76.9 Å². The van der Waals surface area contributed by atoms with E-state index in [2.05, 4.69) is 35.9 Å². The molecule has 4 aromatic rings. The van der Waals surface area contributed by atoms with Gasteiger partial charge in [-0.05, 0) is 54.9 Å². The third kappa shape index (κ3) is 9.55. The number of hydrogen-bond donors (Lipinski definition) is 5. The Morgan fingerprint density at radius 1 is 0.696 bits per heavy atom. The zero-order valence-electron chi connectivity index (χ0n) is 33.0. The van der Waals surface area contributed by atoms with Gasteiger partial charge in [-0.25, -0.2) is 19.6 Å². The number of hydrogen-bond acceptors (Lipinski definition) is 10. The smallest absolute Gasteiger partial charge is 0.407 e. The maximum atomic E-state index is 13.6. The topological polar surface area (TPSA) is 202 Å². The van der Waals surface area contributed by atoms with Gasteiger partial charge in [0.15, 0.2) is 0 Å².